The third-order valence-corrected chi connectivity index (χ3v) is 17.5. The van der Waals surface area contributed by atoms with E-state index in [1.165, 1.54) is 44.5 Å². The highest BCUT2D eigenvalue weighted by Crippen LogP contribution is 2.64. The van der Waals surface area contributed by atoms with E-state index in [-0.39, 0.29) is 0 Å². The van der Waals surface area contributed by atoms with Crippen molar-refractivity contribution in [3.63, 3.8) is 0 Å². The lowest BCUT2D eigenvalue weighted by Crippen LogP contribution is -2.25. The van der Waals surface area contributed by atoms with E-state index in [2.05, 4.69) is 301 Å². The predicted octanol–water partition coefficient (Wildman–Crippen LogP) is 21.8. The van der Waals surface area contributed by atoms with Crippen molar-refractivity contribution < 1.29 is 8.83 Å². The summed E-state index contributed by atoms with van der Waals surface area (Å²) in [7, 11) is 0. The lowest BCUT2D eigenvalue weighted by atomic mass is 9.70. The van der Waals surface area contributed by atoms with Gasteiger partial charge in [0, 0.05) is 67.8 Å². The van der Waals surface area contributed by atoms with Crippen LogP contribution in [0.15, 0.2) is 312 Å². The van der Waals surface area contributed by atoms with Crippen molar-refractivity contribution in [2.75, 3.05) is 9.80 Å². The minimum atomic E-state index is -0.515. The number of anilines is 6. The van der Waals surface area contributed by atoms with Crippen LogP contribution in [-0.4, -0.2) is 0 Å². The van der Waals surface area contributed by atoms with E-state index < -0.39 is 5.41 Å². The van der Waals surface area contributed by atoms with Crippen LogP contribution in [0.2, 0.25) is 0 Å². The van der Waals surface area contributed by atoms with Gasteiger partial charge >= 0.3 is 0 Å². The molecule has 0 saturated carbocycles. The van der Waals surface area contributed by atoms with Gasteiger partial charge in [-0.15, -0.1) is 0 Å². The molecule has 1 spiro atoms. The molecule has 0 unspecified atom stereocenters. The van der Waals surface area contributed by atoms with Crippen LogP contribution in [0, 0.1) is 0 Å². The van der Waals surface area contributed by atoms with E-state index in [4.69, 9.17) is 8.83 Å². The molecular weight excluding hydrogens is 1010 g/mol. The van der Waals surface area contributed by atoms with Gasteiger partial charge in [0.2, 0.25) is 0 Å². The Hall–Kier alpha value is -10.9. The Bertz CT molecular complexity index is 4770. The van der Waals surface area contributed by atoms with Crippen molar-refractivity contribution in [2.24, 2.45) is 0 Å². The average molecular weight is 1060 g/mol. The van der Waals surface area contributed by atoms with Crippen molar-refractivity contribution in [1.29, 1.82) is 0 Å². The van der Waals surface area contributed by atoms with Gasteiger partial charge in [-0.2, -0.15) is 0 Å². The van der Waals surface area contributed by atoms with Gasteiger partial charge in [0.05, 0.1) is 5.41 Å². The van der Waals surface area contributed by atoms with Crippen molar-refractivity contribution in [2.45, 2.75) is 5.41 Å². The first kappa shape index (κ1) is 46.9. The summed E-state index contributed by atoms with van der Waals surface area (Å²) in [6, 6.07) is 111. The van der Waals surface area contributed by atoms with Crippen molar-refractivity contribution in [3.05, 3.63) is 326 Å². The molecule has 388 valence electrons. The summed E-state index contributed by atoms with van der Waals surface area (Å²) in [6.07, 6.45) is 0. The molecule has 83 heavy (non-hydrogen) atoms. The van der Waals surface area contributed by atoms with Gasteiger partial charge < -0.3 is 18.6 Å². The van der Waals surface area contributed by atoms with Gasteiger partial charge in [-0.1, -0.05) is 212 Å². The molecule has 0 fully saturated rings. The standard InChI is InChI=1S/C79H50N2O2/c1-3-18-51(19-4-1)53-34-38-56(39-35-53)80(58-42-44-67-65-24-10-15-32-74(65)82-76(67)49-58)60-46-55(62-27-17-31-73-78(62)69-26-9-14-30-72(69)79(73)70-28-12-7-22-63(70)64-23-8-13-29-71(64)79)47-61(48-60)81(57-40-36-54(37-41-57)52-20-5-2-6-21-52)59-43-45-68-66-25-11-16-33-75(66)83-77(68)50-59/h1-50H. The number of hydrogen-bond donors (Lipinski definition) is 0. The highest BCUT2D eigenvalue weighted by atomic mass is 16.3. The number of rotatable bonds is 9. The second-order valence-electron chi connectivity index (χ2n) is 21.9. The van der Waals surface area contributed by atoms with Crippen LogP contribution >= 0.6 is 0 Å². The number of furan rings is 2. The molecule has 15 aromatic rings. The SMILES string of the molecule is c1ccc(-c2ccc(N(c3cc(-c4cccc5c4-c4ccccc4C54c5ccccc5-c5ccccc54)cc(N(c4ccc(-c5ccccc5)cc4)c4ccc5c(c4)oc4ccccc45)c3)c3ccc4c(c3)oc3ccccc34)cc2)cc1. The first-order chi connectivity index (χ1) is 41.1. The molecule has 2 aliphatic carbocycles. The molecule has 4 nitrogen and oxygen atoms in total. The lowest BCUT2D eigenvalue weighted by molar-refractivity contribution is 0.668. The summed E-state index contributed by atoms with van der Waals surface area (Å²) in [5, 5.41) is 4.34. The fourth-order valence-corrected chi connectivity index (χ4v) is 13.9. The Morgan fingerprint density at radius 2 is 0.590 bits per heavy atom. The molecular formula is C79H50N2O2. The largest absolute Gasteiger partial charge is 0.456 e. The predicted molar refractivity (Wildman–Crippen MR) is 343 cm³/mol. The third-order valence-electron chi connectivity index (χ3n) is 17.5. The summed E-state index contributed by atoms with van der Waals surface area (Å²) in [5.41, 5.74) is 25.9. The normalized spacial score (nSPS) is 12.7. The summed E-state index contributed by atoms with van der Waals surface area (Å²) < 4.78 is 13.4. The molecule has 0 radical (unpaired) electrons. The number of fused-ring (bicyclic) bond motifs is 16. The van der Waals surface area contributed by atoms with Gasteiger partial charge in [0.25, 0.3) is 0 Å². The van der Waals surface area contributed by atoms with E-state index >= 15 is 0 Å². The molecule has 0 bridgehead atoms. The maximum absolute atomic E-state index is 6.70. The molecule has 2 aromatic heterocycles. The van der Waals surface area contributed by atoms with Gasteiger partial charge in [-0.25, -0.2) is 0 Å². The average Bonchev–Trinajstić information content (AvgIpc) is 2.57. The molecule has 0 amide bonds. The summed E-state index contributed by atoms with van der Waals surface area (Å²) in [6.45, 7) is 0. The summed E-state index contributed by atoms with van der Waals surface area (Å²) in [4.78, 5) is 4.80. The van der Waals surface area contributed by atoms with Crippen molar-refractivity contribution in [1.82, 2.24) is 0 Å². The molecule has 4 heteroatoms. The summed E-state index contributed by atoms with van der Waals surface area (Å²) >= 11 is 0. The van der Waals surface area contributed by atoms with Crippen LogP contribution in [0.5, 0.6) is 0 Å². The van der Waals surface area contributed by atoms with E-state index in [1.807, 2.05) is 12.1 Å². The maximum atomic E-state index is 6.70. The highest BCUT2D eigenvalue weighted by molar-refractivity contribution is 6.08. The molecule has 0 N–H and O–H groups in total. The summed E-state index contributed by atoms with van der Waals surface area (Å²) in [5.74, 6) is 0. The van der Waals surface area contributed by atoms with Gasteiger partial charge in [-0.3, -0.25) is 0 Å². The van der Waals surface area contributed by atoms with Gasteiger partial charge in [0.1, 0.15) is 22.3 Å². The van der Waals surface area contributed by atoms with Crippen LogP contribution in [0.3, 0.4) is 0 Å². The van der Waals surface area contributed by atoms with Crippen LogP contribution in [0.25, 0.3) is 99.5 Å². The van der Waals surface area contributed by atoms with E-state index in [0.29, 0.717) is 0 Å². The molecule has 13 aromatic carbocycles. The van der Waals surface area contributed by atoms with E-state index in [9.17, 15) is 0 Å². The van der Waals surface area contributed by atoms with Crippen LogP contribution in [0.1, 0.15) is 22.3 Å². The quantitative estimate of drug-likeness (QED) is 0.144. The lowest BCUT2D eigenvalue weighted by Gasteiger charge is -2.31. The highest BCUT2D eigenvalue weighted by Gasteiger charge is 2.52. The first-order valence-corrected chi connectivity index (χ1v) is 28.5. The molecule has 2 aliphatic rings. The second kappa shape index (κ2) is 18.6. The maximum Gasteiger partial charge on any atom is 0.137 e. The molecule has 0 aliphatic heterocycles. The minimum Gasteiger partial charge on any atom is -0.456 e. The van der Waals surface area contributed by atoms with Crippen molar-refractivity contribution >= 4 is 78.0 Å². The zero-order chi connectivity index (χ0) is 54.6. The van der Waals surface area contributed by atoms with Crippen LogP contribution in [-0.2, 0) is 5.41 Å². The zero-order valence-corrected chi connectivity index (χ0v) is 45.1. The van der Waals surface area contributed by atoms with Crippen LogP contribution in [0.4, 0.5) is 34.1 Å². The fourth-order valence-electron chi connectivity index (χ4n) is 13.9. The smallest absolute Gasteiger partial charge is 0.137 e. The molecule has 0 saturated heterocycles. The Morgan fingerprint density at radius 1 is 0.217 bits per heavy atom. The van der Waals surface area contributed by atoms with E-state index in [1.54, 1.807) is 0 Å². The number of nitrogens with zero attached hydrogens (tertiary/aromatic N) is 2. The molecule has 0 atom stereocenters. The van der Waals surface area contributed by atoms with Crippen LogP contribution < -0.4 is 9.80 Å². The second-order valence-corrected chi connectivity index (χ2v) is 21.9. The number of benzene rings is 13. The Balaban J connectivity index is 0.948. The Morgan fingerprint density at radius 3 is 1.10 bits per heavy atom. The monoisotopic (exact) mass is 1060 g/mol. The van der Waals surface area contributed by atoms with Gasteiger partial charge in [0.15, 0.2) is 0 Å². The van der Waals surface area contributed by atoms with E-state index in [0.717, 1.165) is 111 Å². The number of para-hydroxylation sites is 2. The Labute approximate surface area is 480 Å². The fraction of sp³-hybridized carbons (Fsp3) is 0.0127. The first-order valence-electron chi connectivity index (χ1n) is 28.5. The third kappa shape index (κ3) is 7.26. The topological polar surface area (TPSA) is 32.8 Å². The minimum absolute atomic E-state index is 0.515. The molecule has 2 heterocycles. The number of hydrogen-bond acceptors (Lipinski definition) is 4. The van der Waals surface area contributed by atoms with Crippen molar-refractivity contribution in [3.8, 4) is 55.6 Å². The zero-order valence-electron chi connectivity index (χ0n) is 45.1. The Kier molecular flexibility index (Phi) is 10.5. The van der Waals surface area contributed by atoms with Gasteiger partial charge in [-0.05, 0) is 157 Å². The molecule has 17 rings (SSSR count).